The summed E-state index contributed by atoms with van der Waals surface area (Å²) in [7, 11) is 0. The van der Waals surface area contributed by atoms with Gasteiger partial charge in [-0.05, 0) is 43.2 Å². The molecule has 1 N–H and O–H groups in total. The van der Waals surface area contributed by atoms with Crippen molar-refractivity contribution in [2.75, 3.05) is 5.32 Å². The first-order valence-corrected chi connectivity index (χ1v) is 8.61. The normalized spacial score (nSPS) is 16.4. The van der Waals surface area contributed by atoms with E-state index >= 15 is 0 Å². The third-order valence-electron chi connectivity index (χ3n) is 3.13. The quantitative estimate of drug-likeness (QED) is 0.829. The maximum Gasteiger partial charge on any atom is 0.243 e. The van der Waals surface area contributed by atoms with Gasteiger partial charge in [-0.3, -0.25) is 10.1 Å². The van der Waals surface area contributed by atoms with Crippen molar-refractivity contribution < 1.29 is 4.79 Å². The van der Waals surface area contributed by atoms with Gasteiger partial charge in [0, 0.05) is 16.4 Å². The lowest BCUT2D eigenvalue weighted by Crippen LogP contribution is -2.43. The van der Waals surface area contributed by atoms with Crippen molar-refractivity contribution in [1.82, 2.24) is 9.36 Å². The summed E-state index contributed by atoms with van der Waals surface area (Å²) in [6.07, 6.45) is 2.84. The van der Waals surface area contributed by atoms with E-state index in [1.165, 1.54) is 23.3 Å². The number of rotatable bonds is 4. The monoisotopic (exact) mass is 369 g/mol. The van der Waals surface area contributed by atoms with Crippen LogP contribution in [0, 0.1) is 0 Å². The molecule has 4 nitrogen and oxygen atoms in total. The number of carbonyl (C=O) groups excluding carboxylic acids is 1. The molecule has 0 saturated heterocycles. The van der Waals surface area contributed by atoms with Crippen molar-refractivity contribution in [1.29, 1.82) is 0 Å². The van der Waals surface area contributed by atoms with Gasteiger partial charge in [-0.2, -0.15) is 9.36 Å². The highest BCUT2D eigenvalue weighted by molar-refractivity contribution is 9.10. The first-order valence-electron chi connectivity index (χ1n) is 6.23. The minimum Gasteiger partial charge on any atom is -0.299 e. The van der Waals surface area contributed by atoms with Gasteiger partial charge in [0.1, 0.15) is 4.32 Å². The minimum absolute atomic E-state index is 0.0174. The van der Waals surface area contributed by atoms with Crippen LogP contribution < -0.4 is 5.32 Å². The van der Waals surface area contributed by atoms with Crippen molar-refractivity contribution in [2.45, 2.75) is 33.6 Å². The van der Waals surface area contributed by atoms with E-state index in [0.29, 0.717) is 10.3 Å². The summed E-state index contributed by atoms with van der Waals surface area (Å²) in [4.78, 5) is 17.5. The number of anilines is 1. The van der Waals surface area contributed by atoms with Crippen LogP contribution >= 0.6 is 39.2 Å². The van der Waals surface area contributed by atoms with E-state index in [9.17, 15) is 4.79 Å². The largest absolute Gasteiger partial charge is 0.299 e. The van der Waals surface area contributed by atoms with Crippen LogP contribution in [0.3, 0.4) is 0 Å². The molecule has 0 bridgehead atoms. The maximum atomic E-state index is 12.1. The molecule has 0 unspecified atom stereocenters. The molecular weight excluding hydrogens is 358 g/mol. The summed E-state index contributed by atoms with van der Waals surface area (Å²) in [5.41, 5.74) is 0. The Bertz CT molecular complexity index is 613. The number of carbonyl (C=O) groups is 1. The summed E-state index contributed by atoms with van der Waals surface area (Å²) in [6.45, 7) is 0. The number of amides is 1. The number of benzene rings is 1. The lowest BCUT2D eigenvalue weighted by atomic mass is 9.84. The van der Waals surface area contributed by atoms with E-state index in [4.69, 9.17) is 0 Å². The second-order valence-corrected chi connectivity index (χ2v) is 7.88. The molecule has 104 valence electrons. The molecule has 1 aliphatic carbocycles. The highest BCUT2D eigenvalue weighted by atomic mass is 79.9. The molecule has 1 amide bonds. The van der Waals surface area contributed by atoms with Crippen LogP contribution in [0.1, 0.15) is 19.3 Å². The molecule has 1 fully saturated rings. The van der Waals surface area contributed by atoms with Crippen molar-refractivity contribution in [3.05, 3.63) is 30.3 Å². The van der Waals surface area contributed by atoms with Gasteiger partial charge in [0.15, 0.2) is 0 Å². The molecule has 1 aliphatic rings. The summed E-state index contributed by atoms with van der Waals surface area (Å²) < 4.78 is 3.86. The number of nitrogens with one attached hydrogen (secondary N) is 1. The molecule has 20 heavy (non-hydrogen) atoms. The maximum absolute atomic E-state index is 12.1. The first-order chi connectivity index (χ1) is 9.66. The molecule has 3 rings (SSSR count). The smallest absolute Gasteiger partial charge is 0.243 e. The van der Waals surface area contributed by atoms with E-state index in [-0.39, 0.29) is 5.91 Å². The zero-order valence-electron chi connectivity index (χ0n) is 10.5. The Morgan fingerprint density at radius 2 is 2.10 bits per heavy atom. The van der Waals surface area contributed by atoms with Crippen LogP contribution in [0.25, 0.3) is 0 Å². The number of nitrogens with zero attached hydrogens (tertiary/aromatic N) is 2. The Hall–Kier alpha value is -0.920. The van der Waals surface area contributed by atoms with Crippen LogP contribution in [-0.2, 0) is 4.79 Å². The Balaban J connectivity index is 1.63. The van der Waals surface area contributed by atoms with Crippen LogP contribution in [0.15, 0.2) is 40.4 Å². The van der Waals surface area contributed by atoms with Gasteiger partial charge < -0.3 is 0 Å². The molecule has 1 aromatic carbocycles. The summed E-state index contributed by atoms with van der Waals surface area (Å²) in [5.74, 6) is -0.0174. The van der Waals surface area contributed by atoms with E-state index in [0.717, 1.165) is 24.2 Å². The van der Waals surface area contributed by atoms with Gasteiger partial charge in [-0.25, -0.2) is 0 Å². The van der Waals surface area contributed by atoms with E-state index in [2.05, 4.69) is 30.6 Å². The highest BCUT2D eigenvalue weighted by Crippen LogP contribution is 2.41. The lowest BCUT2D eigenvalue weighted by Gasteiger charge is -2.33. The van der Waals surface area contributed by atoms with E-state index in [1.807, 2.05) is 30.3 Å². The van der Waals surface area contributed by atoms with Crippen LogP contribution in [-0.4, -0.2) is 19.6 Å². The lowest BCUT2D eigenvalue weighted by molar-refractivity contribution is -0.120. The Morgan fingerprint density at radius 1 is 1.35 bits per heavy atom. The SMILES string of the molecule is O=C(Nc1nc(Sc2ccccc2)ns1)C1(Br)CCC1. The Morgan fingerprint density at radius 3 is 2.75 bits per heavy atom. The molecular formula is C13H12BrN3OS2. The average molecular weight is 370 g/mol. The molecule has 0 spiro atoms. The number of hydrogen-bond donors (Lipinski definition) is 1. The topological polar surface area (TPSA) is 54.9 Å². The van der Waals surface area contributed by atoms with Crippen LogP contribution in [0.5, 0.6) is 0 Å². The molecule has 0 radical (unpaired) electrons. The second kappa shape index (κ2) is 5.83. The standard InChI is InChI=1S/C13H12BrN3OS2/c14-13(7-4-8-13)10(18)15-11-16-12(17-20-11)19-9-5-2-1-3-6-9/h1-3,5-6H,4,7-8H2,(H,15,16,17,18). The Kier molecular flexibility index (Phi) is 4.09. The van der Waals surface area contributed by atoms with Gasteiger partial charge in [0.25, 0.3) is 0 Å². The summed E-state index contributed by atoms with van der Waals surface area (Å²) >= 11 is 6.19. The predicted molar refractivity (Wildman–Crippen MR) is 84.6 cm³/mol. The van der Waals surface area contributed by atoms with Crippen molar-refractivity contribution in [3.8, 4) is 0 Å². The van der Waals surface area contributed by atoms with Gasteiger partial charge in [-0.1, -0.05) is 34.1 Å². The fourth-order valence-electron chi connectivity index (χ4n) is 1.82. The molecule has 0 aliphatic heterocycles. The molecule has 1 saturated carbocycles. The predicted octanol–water partition coefficient (Wildman–Crippen LogP) is 3.95. The minimum atomic E-state index is -0.397. The molecule has 2 aromatic rings. The van der Waals surface area contributed by atoms with E-state index in [1.54, 1.807) is 0 Å². The second-order valence-electron chi connectivity index (χ2n) is 4.57. The van der Waals surface area contributed by atoms with Gasteiger partial charge in [-0.15, -0.1) is 0 Å². The van der Waals surface area contributed by atoms with Crippen molar-refractivity contribution >= 4 is 50.3 Å². The molecule has 1 aromatic heterocycles. The molecule has 0 atom stereocenters. The Labute approximate surface area is 133 Å². The zero-order chi connectivity index (χ0) is 14.0. The van der Waals surface area contributed by atoms with Gasteiger partial charge in [0.2, 0.25) is 16.2 Å². The number of aromatic nitrogens is 2. The van der Waals surface area contributed by atoms with Crippen molar-refractivity contribution in [3.63, 3.8) is 0 Å². The molecule has 1 heterocycles. The third kappa shape index (κ3) is 3.05. The number of hydrogen-bond acceptors (Lipinski definition) is 5. The van der Waals surface area contributed by atoms with Crippen LogP contribution in [0.2, 0.25) is 0 Å². The van der Waals surface area contributed by atoms with E-state index < -0.39 is 4.32 Å². The molecule has 7 heteroatoms. The fraction of sp³-hybridized carbons (Fsp3) is 0.308. The fourth-order valence-corrected chi connectivity index (χ4v) is 3.91. The average Bonchev–Trinajstić information content (AvgIpc) is 2.84. The van der Waals surface area contributed by atoms with Crippen molar-refractivity contribution in [2.24, 2.45) is 0 Å². The number of halogens is 1. The van der Waals surface area contributed by atoms with Crippen LogP contribution in [0.4, 0.5) is 5.13 Å². The summed E-state index contributed by atoms with van der Waals surface area (Å²) in [6, 6.07) is 9.93. The zero-order valence-corrected chi connectivity index (χ0v) is 13.7. The third-order valence-corrected chi connectivity index (χ3v) is 5.91. The first kappa shape index (κ1) is 14.0. The van der Waals surface area contributed by atoms with Gasteiger partial charge in [0.05, 0.1) is 0 Å². The highest BCUT2D eigenvalue weighted by Gasteiger charge is 2.41. The number of alkyl halides is 1. The van der Waals surface area contributed by atoms with Gasteiger partial charge >= 0.3 is 0 Å². The summed E-state index contributed by atoms with van der Waals surface area (Å²) in [5, 5.41) is 4.05.